The summed E-state index contributed by atoms with van der Waals surface area (Å²) in [7, 11) is 1.64. The molecule has 1 aliphatic heterocycles. The van der Waals surface area contributed by atoms with Gasteiger partial charge in [-0.3, -0.25) is 0 Å². The van der Waals surface area contributed by atoms with Crippen LogP contribution < -0.4 is 10.1 Å². The van der Waals surface area contributed by atoms with Gasteiger partial charge >= 0.3 is 0 Å². The van der Waals surface area contributed by atoms with Gasteiger partial charge in [-0.05, 0) is 37.6 Å². The molecule has 2 atom stereocenters. The molecule has 1 heterocycles. The fourth-order valence-corrected chi connectivity index (χ4v) is 2.46. The van der Waals surface area contributed by atoms with E-state index in [9.17, 15) is 4.39 Å². The molecule has 0 saturated carbocycles. The zero-order valence-electron chi connectivity index (χ0n) is 10.5. The van der Waals surface area contributed by atoms with Gasteiger partial charge in [-0.1, -0.05) is 12.1 Å². The third kappa shape index (κ3) is 2.97. The summed E-state index contributed by atoms with van der Waals surface area (Å²) in [5.74, 6) is 0.946. The number of halogens is 1. The topological polar surface area (TPSA) is 21.3 Å². The van der Waals surface area contributed by atoms with Crippen LogP contribution >= 0.6 is 0 Å². The summed E-state index contributed by atoms with van der Waals surface area (Å²) < 4.78 is 19.7. The lowest BCUT2D eigenvalue weighted by Gasteiger charge is -2.26. The van der Waals surface area contributed by atoms with Crippen LogP contribution in [0.1, 0.15) is 18.9 Å². The zero-order chi connectivity index (χ0) is 12.3. The van der Waals surface area contributed by atoms with Crippen molar-refractivity contribution < 1.29 is 9.13 Å². The molecule has 0 aliphatic carbocycles. The molecule has 0 radical (unpaired) electrons. The molecule has 94 valence electrons. The van der Waals surface area contributed by atoms with Crippen LogP contribution in [0.5, 0.6) is 5.75 Å². The predicted octanol–water partition coefficient (Wildman–Crippen LogP) is 2.58. The highest BCUT2D eigenvalue weighted by Gasteiger charge is 2.36. The minimum Gasteiger partial charge on any atom is -0.497 e. The van der Waals surface area contributed by atoms with Gasteiger partial charge in [-0.2, -0.15) is 0 Å². The summed E-state index contributed by atoms with van der Waals surface area (Å²) in [6.45, 7) is 3.45. The van der Waals surface area contributed by atoms with E-state index in [1.807, 2.05) is 24.3 Å². The van der Waals surface area contributed by atoms with Crippen LogP contribution in [0.2, 0.25) is 0 Å². The highest BCUT2D eigenvalue weighted by molar-refractivity contribution is 5.28. The Morgan fingerprint density at radius 1 is 1.41 bits per heavy atom. The van der Waals surface area contributed by atoms with Crippen molar-refractivity contribution in [2.24, 2.45) is 5.92 Å². The van der Waals surface area contributed by atoms with Crippen LogP contribution in [0.25, 0.3) is 0 Å². The van der Waals surface area contributed by atoms with Gasteiger partial charge in [0.25, 0.3) is 0 Å². The van der Waals surface area contributed by atoms with Gasteiger partial charge in [0.2, 0.25) is 0 Å². The third-order valence-corrected chi connectivity index (χ3v) is 3.62. The molecule has 3 heteroatoms. The summed E-state index contributed by atoms with van der Waals surface area (Å²) >= 11 is 0. The molecule has 0 spiro atoms. The van der Waals surface area contributed by atoms with Crippen molar-refractivity contribution in [3.05, 3.63) is 29.8 Å². The molecule has 0 bridgehead atoms. The lowest BCUT2D eigenvalue weighted by Crippen LogP contribution is -2.33. The van der Waals surface area contributed by atoms with Crippen LogP contribution in [-0.2, 0) is 6.42 Å². The fourth-order valence-electron chi connectivity index (χ4n) is 2.46. The maximum absolute atomic E-state index is 14.6. The van der Waals surface area contributed by atoms with Crippen molar-refractivity contribution in [2.75, 3.05) is 20.2 Å². The number of hydrogen-bond donors (Lipinski definition) is 1. The quantitative estimate of drug-likeness (QED) is 0.869. The smallest absolute Gasteiger partial charge is 0.118 e. The highest BCUT2D eigenvalue weighted by Crippen LogP contribution is 2.31. The van der Waals surface area contributed by atoms with Crippen molar-refractivity contribution in [3.8, 4) is 5.75 Å². The Labute approximate surface area is 102 Å². The molecule has 1 saturated heterocycles. The Morgan fingerprint density at radius 3 is 2.65 bits per heavy atom. The second-order valence-corrected chi connectivity index (χ2v) is 4.99. The van der Waals surface area contributed by atoms with E-state index in [2.05, 4.69) is 5.32 Å². The largest absolute Gasteiger partial charge is 0.497 e. The first kappa shape index (κ1) is 12.4. The van der Waals surface area contributed by atoms with Crippen LogP contribution in [-0.4, -0.2) is 25.9 Å². The summed E-state index contributed by atoms with van der Waals surface area (Å²) in [4.78, 5) is 0. The Kier molecular flexibility index (Phi) is 3.67. The highest BCUT2D eigenvalue weighted by atomic mass is 19.1. The van der Waals surface area contributed by atoms with Gasteiger partial charge in [0.1, 0.15) is 11.4 Å². The Hall–Kier alpha value is -1.09. The molecule has 17 heavy (non-hydrogen) atoms. The van der Waals surface area contributed by atoms with Crippen molar-refractivity contribution in [1.29, 1.82) is 0 Å². The number of methoxy groups -OCH3 is 1. The summed E-state index contributed by atoms with van der Waals surface area (Å²) in [5, 5.41) is 3.22. The van der Waals surface area contributed by atoms with E-state index in [4.69, 9.17) is 4.74 Å². The Bertz CT molecular complexity index is 355. The minimum atomic E-state index is -1.13. The van der Waals surface area contributed by atoms with Gasteiger partial charge in [0, 0.05) is 18.9 Å². The van der Waals surface area contributed by atoms with Crippen molar-refractivity contribution >= 4 is 0 Å². The maximum atomic E-state index is 14.6. The molecular weight excluding hydrogens is 217 g/mol. The number of rotatable bonds is 4. The van der Waals surface area contributed by atoms with Gasteiger partial charge in [-0.25, -0.2) is 4.39 Å². The van der Waals surface area contributed by atoms with Crippen LogP contribution in [0.3, 0.4) is 0 Å². The number of benzene rings is 1. The second kappa shape index (κ2) is 5.05. The summed E-state index contributed by atoms with van der Waals surface area (Å²) in [6.07, 6.45) is 1.41. The first-order valence-corrected chi connectivity index (χ1v) is 6.14. The van der Waals surface area contributed by atoms with Crippen LogP contribution in [0.4, 0.5) is 4.39 Å². The van der Waals surface area contributed by atoms with E-state index < -0.39 is 5.67 Å². The average Bonchev–Trinajstić information content (AvgIpc) is 2.84. The molecule has 1 N–H and O–H groups in total. The van der Waals surface area contributed by atoms with Gasteiger partial charge in [-0.15, -0.1) is 0 Å². The number of hydrogen-bond acceptors (Lipinski definition) is 2. The lowest BCUT2D eigenvalue weighted by atomic mass is 9.85. The molecular formula is C14H20FNO. The Balaban J connectivity index is 2.02. The van der Waals surface area contributed by atoms with E-state index in [0.29, 0.717) is 6.42 Å². The zero-order valence-corrected chi connectivity index (χ0v) is 10.5. The monoisotopic (exact) mass is 237 g/mol. The molecule has 2 unspecified atom stereocenters. The molecule has 2 rings (SSSR count). The summed E-state index contributed by atoms with van der Waals surface area (Å²) in [6, 6.07) is 7.66. The third-order valence-electron chi connectivity index (χ3n) is 3.62. The standard InChI is InChI=1S/C14H20FNO/c1-14(15,12-7-8-16-10-12)9-11-3-5-13(17-2)6-4-11/h3-6,12,16H,7-10H2,1-2H3. The van der Waals surface area contributed by atoms with Gasteiger partial charge in [0.05, 0.1) is 7.11 Å². The average molecular weight is 237 g/mol. The molecule has 2 nitrogen and oxygen atoms in total. The maximum Gasteiger partial charge on any atom is 0.118 e. The molecule has 1 aromatic carbocycles. The van der Waals surface area contributed by atoms with E-state index in [1.165, 1.54) is 0 Å². The van der Waals surface area contributed by atoms with Gasteiger partial charge in [0.15, 0.2) is 0 Å². The first-order chi connectivity index (χ1) is 8.12. The molecule has 1 aliphatic rings. The number of nitrogens with one attached hydrogen (secondary N) is 1. The fraction of sp³-hybridized carbons (Fsp3) is 0.571. The molecule has 0 aromatic heterocycles. The van der Waals surface area contributed by atoms with Gasteiger partial charge < -0.3 is 10.1 Å². The lowest BCUT2D eigenvalue weighted by molar-refractivity contribution is 0.113. The first-order valence-electron chi connectivity index (χ1n) is 6.14. The van der Waals surface area contributed by atoms with Crippen LogP contribution in [0, 0.1) is 5.92 Å². The van der Waals surface area contributed by atoms with Crippen molar-refractivity contribution in [1.82, 2.24) is 5.32 Å². The Morgan fingerprint density at radius 2 is 2.12 bits per heavy atom. The van der Waals surface area contributed by atoms with E-state index in [0.717, 1.165) is 30.8 Å². The molecule has 1 fully saturated rings. The van der Waals surface area contributed by atoms with Crippen molar-refractivity contribution in [3.63, 3.8) is 0 Å². The van der Waals surface area contributed by atoms with E-state index >= 15 is 0 Å². The molecule has 1 aromatic rings. The van der Waals surface area contributed by atoms with Crippen LogP contribution in [0.15, 0.2) is 24.3 Å². The van der Waals surface area contributed by atoms with E-state index in [1.54, 1.807) is 14.0 Å². The second-order valence-electron chi connectivity index (χ2n) is 4.99. The summed E-state index contributed by atoms with van der Waals surface area (Å²) in [5.41, 5.74) is -0.0966. The predicted molar refractivity (Wildman–Crippen MR) is 67.2 cm³/mol. The minimum absolute atomic E-state index is 0.129. The van der Waals surface area contributed by atoms with E-state index in [-0.39, 0.29) is 5.92 Å². The molecule has 0 amide bonds. The number of alkyl halides is 1. The number of ether oxygens (including phenoxy) is 1. The van der Waals surface area contributed by atoms with Crippen molar-refractivity contribution in [2.45, 2.75) is 25.4 Å². The normalized spacial score (nSPS) is 23.4. The SMILES string of the molecule is COc1ccc(CC(C)(F)C2CCNC2)cc1.